The summed E-state index contributed by atoms with van der Waals surface area (Å²) < 4.78 is 13.4. The summed E-state index contributed by atoms with van der Waals surface area (Å²) in [4.78, 5) is 13.1. The van der Waals surface area contributed by atoms with Crippen molar-refractivity contribution in [3.05, 3.63) is 95.1 Å². The molecular formula is C28H30ClN3O3. The molecule has 4 aromatic rings. The molecule has 0 bridgehead atoms. The third-order valence-corrected chi connectivity index (χ3v) is 5.95. The van der Waals surface area contributed by atoms with Gasteiger partial charge in [0.2, 0.25) is 0 Å². The van der Waals surface area contributed by atoms with Crippen molar-refractivity contribution < 1.29 is 14.3 Å². The van der Waals surface area contributed by atoms with Crippen LogP contribution in [0.15, 0.2) is 79.0 Å². The van der Waals surface area contributed by atoms with Crippen LogP contribution in [0.2, 0.25) is 5.02 Å². The number of aryl methyl sites for hydroxylation is 1. The second-order valence-corrected chi connectivity index (χ2v) is 8.61. The quantitative estimate of drug-likeness (QED) is 0.264. The molecule has 0 saturated heterocycles. The van der Waals surface area contributed by atoms with Crippen LogP contribution in [0.1, 0.15) is 22.3 Å². The van der Waals surface area contributed by atoms with E-state index in [1.807, 2.05) is 79.0 Å². The SMILES string of the molecule is COc1cccc2c(C(=O)NCc3cccc(Cl)c3)cn(CCCNCCOc3ccccc3)c12. The normalized spacial score (nSPS) is 10.9. The van der Waals surface area contributed by atoms with E-state index in [9.17, 15) is 4.79 Å². The standard InChI is InChI=1S/C28H30ClN3O3/c1-34-26-13-6-12-24-25(28(33)31-19-21-8-5-9-22(29)18-21)20-32(27(24)26)16-7-14-30-15-17-35-23-10-3-2-4-11-23/h2-6,8-13,18,20,30H,7,14-17,19H2,1H3,(H,31,33). The molecule has 0 atom stereocenters. The summed E-state index contributed by atoms with van der Waals surface area (Å²) in [6.07, 6.45) is 2.82. The number of fused-ring (bicyclic) bond motifs is 1. The summed E-state index contributed by atoms with van der Waals surface area (Å²) in [6.45, 7) is 3.38. The highest BCUT2D eigenvalue weighted by Gasteiger charge is 2.17. The number of carbonyl (C=O) groups excluding carboxylic acids is 1. The summed E-state index contributed by atoms with van der Waals surface area (Å²) in [6, 6.07) is 23.1. The average molecular weight is 492 g/mol. The Balaban J connectivity index is 1.36. The minimum Gasteiger partial charge on any atom is -0.495 e. The lowest BCUT2D eigenvalue weighted by Crippen LogP contribution is -2.23. The number of methoxy groups -OCH3 is 1. The van der Waals surface area contributed by atoms with Crippen LogP contribution in [-0.4, -0.2) is 37.3 Å². The van der Waals surface area contributed by atoms with Gasteiger partial charge < -0.3 is 24.7 Å². The fraction of sp³-hybridized carbons (Fsp3) is 0.250. The van der Waals surface area contributed by atoms with Gasteiger partial charge in [0.05, 0.1) is 18.2 Å². The number of hydrogen-bond donors (Lipinski definition) is 2. The predicted octanol–water partition coefficient (Wildman–Crippen LogP) is 5.29. The van der Waals surface area contributed by atoms with E-state index in [1.165, 1.54) is 0 Å². The van der Waals surface area contributed by atoms with Gasteiger partial charge in [0.15, 0.2) is 0 Å². The van der Waals surface area contributed by atoms with Crippen LogP contribution in [0.25, 0.3) is 10.9 Å². The second-order valence-electron chi connectivity index (χ2n) is 8.17. The Hall–Kier alpha value is -3.48. The molecule has 0 spiro atoms. The second kappa shape index (κ2) is 12.3. The molecule has 1 amide bonds. The van der Waals surface area contributed by atoms with Gasteiger partial charge in [-0.25, -0.2) is 0 Å². The smallest absolute Gasteiger partial charge is 0.253 e. The van der Waals surface area contributed by atoms with Crippen LogP contribution in [0.5, 0.6) is 11.5 Å². The number of ether oxygens (including phenoxy) is 2. The highest BCUT2D eigenvalue weighted by atomic mass is 35.5. The zero-order chi connectivity index (χ0) is 24.5. The predicted molar refractivity (Wildman–Crippen MR) is 141 cm³/mol. The minimum atomic E-state index is -0.127. The Bertz CT molecular complexity index is 1260. The summed E-state index contributed by atoms with van der Waals surface area (Å²) in [5.41, 5.74) is 2.51. The molecule has 182 valence electrons. The van der Waals surface area contributed by atoms with Crippen molar-refractivity contribution >= 4 is 28.4 Å². The molecule has 7 heteroatoms. The lowest BCUT2D eigenvalue weighted by molar-refractivity contribution is 0.0952. The number of nitrogens with zero attached hydrogens (tertiary/aromatic N) is 1. The Morgan fingerprint density at radius 3 is 2.63 bits per heavy atom. The van der Waals surface area contributed by atoms with Crippen molar-refractivity contribution in [1.82, 2.24) is 15.2 Å². The average Bonchev–Trinajstić information content (AvgIpc) is 3.26. The van der Waals surface area contributed by atoms with E-state index in [0.717, 1.165) is 54.0 Å². The topological polar surface area (TPSA) is 64.5 Å². The van der Waals surface area contributed by atoms with E-state index >= 15 is 0 Å². The maximum Gasteiger partial charge on any atom is 0.253 e. The number of halogens is 1. The lowest BCUT2D eigenvalue weighted by Gasteiger charge is -2.10. The third-order valence-electron chi connectivity index (χ3n) is 5.71. The van der Waals surface area contributed by atoms with Gasteiger partial charge in [-0.2, -0.15) is 0 Å². The Kier molecular flexibility index (Phi) is 8.65. The van der Waals surface area contributed by atoms with Crippen molar-refractivity contribution in [2.24, 2.45) is 0 Å². The van der Waals surface area contributed by atoms with Crippen molar-refractivity contribution in [2.75, 3.05) is 26.8 Å². The van der Waals surface area contributed by atoms with Crippen LogP contribution in [0, 0.1) is 0 Å². The van der Waals surface area contributed by atoms with Gasteiger partial charge in [-0.15, -0.1) is 0 Å². The van der Waals surface area contributed by atoms with Crippen LogP contribution in [0.3, 0.4) is 0 Å². The molecular weight excluding hydrogens is 462 g/mol. The molecule has 0 aliphatic carbocycles. The van der Waals surface area contributed by atoms with Gasteiger partial charge >= 0.3 is 0 Å². The third kappa shape index (κ3) is 6.56. The van der Waals surface area contributed by atoms with Crippen molar-refractivity contribution in [1.29, 1.82) is 0 Å². The van der Waals surface area contributed by atoms with E-state index < -0.39 is 0 Å². The number of amides is 1. The van der Waals surface area contributed by atoms with Gasteiger partial charge in [-0.3, -0.25) is 4.79 Å². The first-order valence-electron chi connectivity index (χ1n) is 11.7. The molecule has 0 fully saturated rings. The van der Waals surface area contributed by atoms with Crippen LogP contribution in [-0.2, 0) is 13.1 Å². The van der Waals surface area contributed by atoms with Gasteiger partial charge in [0, 0.05) is 36.2 Å². The van der Waals surface area contributed by atoms with Crippen LogP contribution in [0.4, 0.5) is 0 Å². The van der Waals surface area contributed by atoms with Crippen LogP contribution < -0.4 is 20.1 Å². The lowest BCUT2D eigenvalue weighted by atomic mass is 10.1. The molecule has 35 heavy (non-hydrogen) atoms. The van der Waals surface area contributed by atoms with E-state index in [4.69, 9.17) is 21.1 Å². The first-order valence-corrected chi connectivity index (χ1v) is 12.1. The maximum absolute atomic E-state index is 13.1. The highest BCUT2D eigenvalue weighted by molar-refractivity contribution is 6.30. The number of benzene rings is 3. The summed E-state index contributed by atoms with van der Waals surface area (Å²) >= 11 is 6.07. The fourth-order valence-electron chi connectivity index (χ4n) is 4.03. The number of hydrogen-bond acceptors (Lipinski definition) is 4. The Labute approximate surface area is 210 Å². The van der Waals surface area contributed by atoms with Gasteiger partial charge in [-0.1, -0.05) is 54.1 Å². The zero-order valence-electron chi connectivity index (χ0n) is 19.8. The van der Waals surface area contributed by atoms with Crippen molar-refractivity contribution in [3.63, 3.8) is 0 Å². The largest absolute Gasteiger partial charge is 0.495 e. The van der Waals surface area contributed by atoms with E-state index in [1.54, 1.807) is 7.11 Å². The first kappa shape index (κ1) is 24.6. The van der Waals surface area contributed by atoms with Crippen molar-refractivity contribution in [3.8, 4) is 11.5 Å². The number of nitrogens with one attached hydrogen (secondary N) is 2. The summed E-state index contributed by atoms with van der Waals surface area (Å²) in [7, 11) is 1.65. The molecule has 0 aliphatic heterocycles. The number of para-hydroxylation sites is 2. The fourth-order valence-corrected chi connectivity index (χ4v) is 4.24. The minimum absolute atomic E-state index is 0.127. The maximum atomic E-state index is 13.1. The van der Waals surface area contributed by atoms with E-state index in [0.29, 0.717) is 23.7 Å². The summed E-state index contributed by atoms with van der Waals surface area (Å²) in [5, 5.41) is 7.95. The number of carbonyl (C=O) groups is 1. The van der Waals surface area contributed by atoms with Gasteiger partial charge in [0.25, 0.3) is 5.91 Å². The number of aromatic nitrogens is 1. The Morgan fingerprint density at radius 1 is 1.00 bits per heavy atom. The zero-order valence-corrected chi connectivity index (χ0v) is 20.6. The number of rotatable bonds is 12. The van der Waals surface area contributed by atoms with Gasteiger partial charge in [0.1, 0.15) is 18.1 Å². The molecule has 4 rings (SSSR count). The molecule has 1 heterocycles. The molecule has 2 N–H and O–H groups in total. The monoisotopic (exact) mass is 491 g/mol. The molecule has 6 nitrogen and oxygen atoms in total. The first-order chi connectivity index (χ1) is 17.2. The summed E-state index contributed by atoms with van der Waals surface area (Å²) in [5.74, 6) is 1.50. The molecule has 0 saturated carbocycles. The van der Waals surface area contributed by atoms with Gasteiger partial charge in [-0.05, 0) is 48.9 Å². The Morgan fingerprint density at radius 2 is 1.83 bits per heavy atom. The molecule has 0 radical (unpaired) electrons. The van der Waals surface area contributed by atoms with Crippen molar-refractivity contribution in [2.45, 2.75) is 19.5 Å². The molecule has 3 aromatic carbocycles. The molecule has 0 aliphatic rings. The van der Waals surface area contributed by atoms with E-state index in [-0.39, 0.29) is 5.91 Å². The molecule has 1 aromatic heterocycles. The van der Waals surface area contributed by atoms with Crippen LogP contribution >= 0.6 is 11.6 Å². The molecule has 0 unspecified atom stereocenters. The highest BCUT2D eigenvalue weighted by Crippen LogP contribution is 2.30. The van der Waals surface area contributed by atoms with E-state index in [2.05, 4.69) is 15.2 Å².